The fourth-order valence-corrected chi connectivity index (χ4v) is 3.59. The number of urea groups is 1. The maximum atomic E-state index is 13.9. The summed E-state index contributed by atoms with van der Waals surface area (Å²) in [4.78, 5) is 27.2. The van der Waals surface area contributed by atoms with E-state index in [1.807, 2.05) is 38.1 Å². The zero-order chi connectivity index (χ0) is 21.7. The molecule has 6 nitrogen and oxygen atoms in total. The van der Waals surface area contributed by atoms with Gasteiger partial charge in [0.25, 0.3) is 5.91 Å². The van der Waals surface area contributed by atoms with Crippen LogP contribution < -0.4 is 15.4 Å². The number of amides is 3. The van der Waals surface area contributed by atoms with Gasteiger partial charge in [-0.15, -0.1) is 0 Å². The van der Waals surface area contributed by atoms with Crippen LogP contribution in [-0.2, 0) is 0 Å². The van der Waals surface area contributed by atoms with Crippen molar-refractivity contribution >= 4 is 17.6 Å². The van der Waals surface area contributed by atoms with Crippen LogP contribution in [0.1, 0.15) is 48.7 Å². The zero-order valence-corrected chi connectivity index (χ0v) is 17.6. The number of hydrogen-bond donors (Lipinski definition) is 2. The first-order valence-corrected chi connectivity index (χ1v) is 10.2. The normalized spacial score (nSPS) is 14.5. The first-order chi connectivity index (χ1) is 14.4. The van der Waals surface area contributed by atoms with Crippen molar-refractivity contribution in [1.82, 2.24) is 10.2 Å². The molecule has 7 heteroatoms. The van der Waals surface area contributed by atoms with Crippen molar-refractivity contribution in [2.24, 2.45) is 5.92 Å². The topological polar surface area (TPSA) is 70.7 Å². The van der Waals surface area contributed by atoms with E-state index in [1.54, 1.807) is 12.0 Å². The van der Waals surface area contributed by atoms with Gasteiger partial charge in [0.15, 0.2) is 0 Å². The van der Waals surface area contributed by atoms with Gasteiger partial charge in [0.2, 0.25) is 0 Å². The number of halogens is 1. The first kappa shape index (κ1) is 21.6. The van der Waals surface area contributed by atoms with Crippen LogP contribution in [0.3, 0.4) is 0 Å². The lowest BCUT2D eigenvalue weighted by atomic mass is 9.95. The van der Waals surface area contributed by atoms with Gasteiger partial charge >= 0.3 is 6.03 Å². The van der Waals surface area contributed by atoms with Gasteiger partial charge in [0.05, 0.1) is 24.4 Å². The Kier molecular flexibility index (Phi) is 6.92. The van der Waals surface area contributed by atoms with Crippen molar-refractivity contribution < 1.29 is 18.7 Å². The number of rotatable bonds is 6. The van der Waals surface area contributed by atoms with Crippen molar-refractivity contribution in [3.8, 4) is 5.75 Å². The van der Waals surface area contributed by atoms with Gasteiger partial charge in [-0.1, -0.05) is 26.0 Å². The number of benzene rings is 2. The predicted molar refractivity (Wildman–Crippen MR) is 114 cm³/mol. The summed E-state index contributed by atoms with van der Waals surface area (Å²) < 4.78 is 19.1. The average Bonchev–Trinajstić information content (AvgIpc) is 3.28. The van der Waals surface area contributed by atoms with Gasteiger partial charge in [-0.05, 0) is 54.7 Å². The standard InChI is InChI=1S/C23H28FN3O3/c1-15(2)21(16-6-9-18(30-3)10-7-16)26-22(28)19-14-17(24)8-11-20(19)25-23(29)27-12-4-5-13-27/h6-11,14-15,21H,4-5,12-13H2,1-3H3,(H,25,29)(H,26,28). The van der Waals surface area contributed by atoms with E-state index in [9.17, 15) is 14.0 Å². The molecule has 3 amide bonds. The number of ether oxygens (including phenoxy) is 1. The van der Waals surface area contributed by atoms with Crippen molar-refractivity contribution in [3.63, 3.8) is 0 Å². The van der Waals surface area contributed by atoms with E-state index in [-0.39, 0.29) is 23.6 Å². The highest BCUT2D eigenvalue weighted by atomic mass is 19.1. The van der Waals surface area contributed by atoms with Crippen LogP contribution in [0.2, 0.25) is 0 Å². The molecule has 0 saturated carbocycles. The van der Waals surface area contributed by atoms with Gasteiger partial charge < -0.3 is 20.3 Å². The van der Waals surface area contributed by atoms with Gasteiger partial charge in [0, 0.05) is 13.1 Å². The number of likely N-dealkylation sites (tertiary alicyclic amines) is 1. The van der Waals surface area contributed by atoms with E-state index < -0.39 is 11.7 Å². The second-order valence-electron chi connectivity index (χ2n) is 7.78. The summed E-state index contributed by atoms with van der Waals surface area (Å²) in [5, 5.41) is 5.75. The molecule has 1 saturated heterocycles. The Morgan fingerprint density at radius 3 is 2.33 bits per heavy atom. The lowest BCUT2D eigenvalue weighted by Crippen LogP contribution is -2.35. The molecule has 1 fully saturated rings. The summed E-state index contributed by atoms with van der Waals surface area (Å²) >= 11 is 0. The minimum atomic E-state index is -0.537. The molecule has 2 aromatic carbocycles. The van der Waals surface area contributed by atoms with E-state index in [1.165, 1.54) is 12.1 Å². The van der Waals surface area contributed by atoms with E-state index >= 15 is 0 Å². The fourth-order valence-electron chi connectivity index (χ4n) is 3.59. The largest absolute Gasteiger partial charge is 0.497 e. The fraction of sp³-hybridized carbons (Fsp3) is 0.391. The molecule has 2 N–H and O–H groups in total. The molecule has 0 radical (unpaired) electrons. The summed E-state index contributed by atoms with van der Waals surface area (Å²) in [5.74, 6) is -0.159. The van der Waals surface area contributed by atoms with Crippen LogP contribution in [-0.4, -0.2) is 37.0 Å². The van der Waals surface area contributed by atoms with Crippen LogP contribution >= 0.6 is 0 Å². The second kappa shape index (κ2) is 9.61. The third kappa shape index (κ3) is 5.09. The molecule has 0 aromatic heterocycles. The monoisotopic (exact) mass is 413 g/mol. The molecule has 0 bridgehead atoms. The van der Waals surface area contributed by atoms with E-state index in [2.05, 4.69) is 10.6 Å². The van der Waals surface area contributed by atoms with Crippen LogP contribution in [0.25, 0.3) is 0 Å². The second-order valence-corrected chi connectivity index (χ2v) is 7.78. The molecule has 1 aliphatic heterocycles. The smallest absolute Gasteiger partial charge is 0.321 e. The van der Waals surface area contributed by atoms with Crippen LogP contribution in [0.5, 0.6) is 5.75 Å². The summed E-state index contributed by atoms with van der Waals surface area (Å²) in [6.45, 7) is 5.36. The Bertz CT molecular complexity index is 893. The molecule has 0 spiro atoms. The average molecular weight is 413 g/mol. The molecule has 1 unspecified atom stereocenters. The van der Waals surface area contributed by atoms with Crippen LogP contribution in [0, 0.1) is 11.7 Å². The highest BCUT2D eigenvalue weighted by molar-refractivity contribution is 6.03. The third-order valence-corrected chi connectivity index (χ3v) is 5.29. The molecular formula is C23H28FN3O3. The number of anilines is 1. The Morgan fingerprint density at radius 2 is 1.73 bits per heavy atom. The summed E-state index contributed by atoms with van der Waals surface area (Å²) in [7, 11) is 1.60. The lowest BCUT2D eigenvalue weighted by molar-refractivity contribution is 0.0926. The maximum Gasteiger partial charge on any atom is 0.321 e. The molecule has 1 heterocycles. The zero-order valence-electron chi connectivity index (χ0n) is 17.6. The molecular weight excluding hydrogens is 385 g/mol. The Labute approximate surface area is 176 Å². The van der Waals surface area contributed by atoms with Gasteiger partial charge in [-0.25, -0.2) is 9.18 Å². The summed E-state index contributed by atoms with van der Waals surface area (Å²) in [5.41, 5.74) is 1.31. The molecule has 2 aromatic rings. The van der Waals surface area contributed by atoms with Crippen LogP contribution in [0.15, 0.2) is 42.5 Å². The molecule has 160 valence electrons. The van der Waals surface area contributed by atoms with Gasteiger partial charge in [0.1, 0.15) is 11.6 Å². The number of nitrogens with zero attached hydrogens (tertiary/aromatic N) is 1. The molecule has 1 atom stereocenters. The summed E-state index contributed by atoms with van der Waals surface area (Å²) in [6, 6.07) is 10.7. The van der Waals surface area contributed by atoms with E-state index in [0.29, 0.717) is 18.8 Å². The highest BCUT2D eigenvalue weighted by Crippen LogP contribution is 2.26. The Hall–Kier alpha value is -3.09. The molecule has 1 aliphatic rings. The van der Waals surface area contributed by atoms with Crippen molar-refractivity contribution in [2.45, 2.75) is 32.7 Å². The number of methoxy groups -OCH3 is 1. The Balaban J connectivity index is 1.81. The van der Waals surface area contributed by atoms with Gasteiger partial charge in [-0.3, -0.25) is 4.79 Å². The number of nitrogens with one attached hydrogen (secondary N) is 2. The minimum absolute atomic E-state index is 0.0959. The third-order valence-electron chi connectivity index (χ3n) is 5.29. The number of hydrogen-bond acceptors (Lipinski definition) is 3. The van der Waals surface area contributed by atoms with Crippen LogP contribution in [0.4, 0.5) is 14.9 Å². The van der Waals surface area contributed by atoms with Gasteiger partial charge in [-0.2, -0.15) is 0 Å². The quantitative estimate of drug-likeness (QED) is 0.728. The van der Waals surface area contributed by atoms with Crippen molar-refractivity contribution in [3.05, 3.63) is 59.4 Å². The minimum Gasteiger partial charge on any atom is -0.497 e. The highest BCUT2D eigenvalue weighted by Gasteiger charge is 2.24. The Morgan fingerprint density at radius 1 is 1.07 bits per heavy atom. The predicted octanol–water partition coefficient (Wildman–Crippen LogP) is 4.59. The molecule has 30 heavy (non-hydrogen) atoms. The van der Waals surface area contributed by atoms with E-state index in [0.717, 1.165) is 30.2 Å². The number of carbonyl (C=O) groups excluding carboxylic acids is 2. The van der Waals surface area contributed by atoms with Crippen molar-refractivity contribution in [2.75, 3.05) is 25.5 Å². The molecule has 0 aliphatic carbocycles. The SMILES string of the molecule is COc1ccc(C(NC(=O)c2cc(F)ccc2NC(=O)N2CCCC2)C(C)C)cc1. The van der Waals surface area contributed by atoms with E-state index in [4.69, 9.17) is 4.74 Å². The van der Waals surface area contributed by atoms with Crippen molar-refractivity contribution in [1.29, 1.82) is 0 Å². The molecule has 3 rings (SSSR count). The lowest BCUT2D eigenvalue weighted by Gasteiger charge is -2.24. The first-order valence-electron chi connectivity index (χ1n) is 10.2. The number of carbonyl (C=O) groups is 2. The summed E-state index contributed by atoms with van der Waals surface area (Å²) in [6.07, 6.45) is 1.92. The maximum absolute atomic E-state index is 13.9.